The maximum atomic E-state index is 13.0. The number of nitrogens with zero attached hydrogens (tertiary/aromatic N) is 3. The third-order valence-corrected chi connectivity index (χ3v) is 5.95. The Bertz CT molecular complexity index is 1230. The van der Waals surface area contributed by atoms with Gasteiger partial charge in [0, 0.05) is 23.3 Å². The zero-order valence-corrected chi connectivity index (χ0v) is 18.1. The summed E-state index contributed by atoms with van der Waals surface area (Å²) in [5, 5.41) is 5.04. The molecule has 31 heavy (non-hydrogen) atoms. The van der Waals surface area contributed by atoms with Crippen molar-refractivity contribution in [3.05, 3.63) is 89.6 Å². The highest BCUT2D eigenvalue weighted by Crippen LogP contribution is 2.31. The van der Waals surface area contributed by atoms with E-state index >= 15 is 0 Å². The zero-order valence-electron chi connectivity index (χ0n) is 16.4. The lowest BCUT2D eigenvalue weighted by Crippen LogP contribution is -2.23. The molecule has 0 radical (unpaired) electrons. The smallest absolute Gasteiger partial charge is 0.266 e. The summed E-state index contributed by atoms with van der Waals surface area (Å²) in [5.74, 6) is -0.426. The first-order valence-electron chi connectivity index (χ1n) is 9.27. The van der Waals surface area contributed by atoms with Crippen LogP contribution in [0.25, 0.3) is 11.3 Å². The van der Waals surface area contributed by atoms with E-state index in [9.17, 15) is 13.6 Å². The van der Waals surface area contributed by atoms with E-state index in [1.807, 2.05) is 36.6 Å². The van der Waals surface area contributed by atoms with Gasteiger partial charge in [-0.3, -0.25) is 19.6 Å². The Hall–Kier alpha value is -3.40. The monoisotopic (exact) mass is 450 g/mol. The SMILES string of the molecule is Cc1ccc(N(c2ccccc2C(=O)Nc2nc(-c3cccnc3)cs2)S(=O)O)cc1. The summed E-state index contributed by atoms with van der Waals surface area (Å²) in [5.41, 5.74) is 3.64. The van der Waals surface area contributed by atoms with Crippen molar-refractivity contribution < 1.29 is 13.6 Å². The molecule has 2 aromatic heterocycles. The summed E-state index contributed by atoms with van der Waals surface area (Å²) in [4.78, 5) is 21.6. The molecule has 0 spiro atoms. The molecule has 156 valence electrons. The second kappa shape index (κ2) is 9.17. The average molecular weight is 451 g/mol. The summed E-state index contributed by atoms with van der Waals surface area (Å²) in [6, 6.07) is 17.5. The molecule has 0 aliphatic rings. The van der Waals surface area contributed by atoms with Crippen LogP contribution in [0.3, 0.4) is 0 Å². The van der Waals surface area contributed by atoms with E-state index in [1.54, 1.807) is 48.8 Å². The van der Waals surface area contributed by atoms with Gasteiger partial charge in [-0.15, -0.1) is 11.3 Å². The summed E-state index contributed by atoms with van der Waals surface area (Å²) >= 11 is -1.08. The number of pyridine rings is 1. The van der Waals surface area contributed by atoms with Gasteiger partial charge in [0.2, 0.25) is 0 Å². The maximum absolute atomic E-state index is 13.0. The highest BCUT2D eigenvalue weighted by molar-refractivity contribution is 7.81. The van der Waals surface area contributed by atoms with Gasteiger partial charge >= 0.3 is 0 Å². The molecule has 0 saturated carbocycles. The third-order valence-electron chi connectivity index (χ3n) is 4.47. The van der Waals surface area contributed by atoms with Gasteiger partial charge in [-0.2, -0.15) is 0 Å². The van der Waals surface area contributed by atoms with Gasteiger partial charge in [0.1, 0.15) is 0 Å². The van der Waals surface area contributed by atoms with E-state index in [-0.39, 0.29) is 5.56 Å². The maximum Gasteiger partial charge on any atom is 0.266 e. The molecular formula is C22H18N4O3S2. The number of carbonyl (C=O) groups excluding carboxylic acids is 1. The molecule has 1 amide bonds. The lowest BCUT2D eigenvalue weighted by Gasteiger charge is -2.22. The Morgan fingerprint density at radius 3 is 2.58 bits per heavy atom. The van der Waals surface area contributed by atoms with E-state index < -0.39 is 17.2 Å². The number of carbonyl (C=O) groups is 1. The van der Waals surface area contributed by atoms with Gasteiger partial charge in [-0.05, 0) is 43.3 Å². The lowest BCUT2D eigenvalue weighted by atomic mass is 10.1. The van der Waals surface area contributed by atoms with Crippen LogP contribution < -0.4 is 9.62 Å². The standard InChI is InChI=1S/C22H18N4O3S2/c1-15-8-10-17(11-9-15)26(31(28)29)20-7-3-2-6-18(20)21(27)25-22-24-19(14-30-22)16-5-4-12-23-13-16/h2-14H,1H3,(H,28,29)(H,24,25,27). The summed E-state index contributed by atoms with van der Waals surface area (Å²) < 4.78 is 23.3. The fourth-order valence-electron chi connectivity index (χ4n) is 2.98. The number of thiazole rings is 1. The van der Waals surface area contributed by atoms with Gasteiger partial charge < -0.3 is 0 Å². The van der Waals surface area contributed by atoms with E-state index in [0.717, 1.165) is 11.1 Å². The Morgan fingerprint density at radius 2 is 1.87 bits per heavy atom. The summed E-state index contributed by atoms with van der Waals surface area (Å²) in [7, 11) is 0. The topological polar surface area (TPSA) is 95.4 Å². The van der Waals surface area contributed by atoms with Crippen molar-refractivity contribution in [1.29, 1.82) is 0 Å². The molecule has 2 aromatic carbocycles. The van der Waals surface area contributed by atoms with Crippen molar-refractivity contribution in [3.8, 4) is 11.3 Å². The first-order chi connectivity index (χ1) is 15.0. The van der Waals surface area contributed by atoms with Crippen LogP contribution >= 0.6 is 11.3 Å². The predicted octanol–water partition coefficient (Wildman–Crippen LogP) is 5.04. The minimum absolute atomic E-state index is 0.253. The van der Waals surface area contributed by atoms with Gasteiger partial charge in [0.05, 0.1) is 22.6 Å². The summed E-state index contributed by atoms with van der Waals surface area (Å²) in [6.45, 7) is 1.93. The molecule has 4 aromatic rings. The number of para-hydroxylation sites is 1. The van der Waals surface area contributed by atoms with Crippen LogP contribution in [-0.4, -0.2) is 24.6 Å². The zero-order chi connectivity index (χ0) is 21.8. The molecule has 1 atom stereocenters. The number of aryl methyl sites for hydroxylation is 1. The number of amides is 1. The number of hydrogen-bond donors (Lipinski definition) is 2. The van der Waals surface area contributed by atoms with Crippen LogP contribution in [0.1, 0.15) is 15.9 Å². The van der Waals surface area contributed by atoms with Crippen molar-refractivity contribution in [2.24, 2.45) is 0 Å². The minimum Gasteiger partial charge on any atom is -0.298 e. The number of aromatic nitrogens is 2. The van der Waals surface area contributed by atoms with Crippen LogP contribution in [0.2, 0.25) is 0 Å². The summed E-state index contributed by atoms with van der Waals surface area (Å²) in [6.07, 6.45) is 3.38. The normalized spacial score (nSPS) is 11.7. The van der Waals surface area contributed by atoms with Crippen LogP contribution in [0.15, 0.2) is 78.4 Å². The van der Waals surface area contributed by atoms with Crippen LogP contribution in [-0.2, 0) is 11.3 Å². The molecule has 9 heteroatoms. The highest BCUT2D eigenvalue weighted by Gasteiger charge is 2.22. The fourth-order valence-corrected chi connectivity index (χ4v) is 4.32. The van der Waals surface area contributed by atoms with Crippen molar-refractivity contribution >= 4 is 45.0 Å². The molecule has 4 rings (SSSR count). The first-order valence-corrected chi connectivity index (χ1v) is 11.2. The van der Waals surface area contributed by atoms with Crippen LogP contribution in [0, 0.1) is 6.92 Å². The van der Waals surface area contributed by atoms with E-state index in [1.165, 1.54) is 15.6 Å². The van der Waals surface area contributed by atoms with Crippen molar-refractivity contribution in [2.45, 2.75) is 6.92 Å². The van der Waals surface area contributed by atoms with Crippen molar-refractivity contribution in [1.82, 2.24) is 9.97 Å². The molecule has 7 nitrogen and oxygen atoms in total. The molecule has 2 heterocycles. The molecular weight excluding hydrogens is 432 g/mol. The number of anilines is 3. The third kappa shape index (κ3) is 4.69. The number of hydrogen-bond acceptors (Lipinski definition) is 5. The van der Waals surface area contributed by atoms with Crippen LogP contribution in [0.4, 0.5) is 16.5 Å². The number of benzene rings is 2. The molecule has 0 bridgehead atoms. The minimum atomic E-state index is -2.37. The van der Waals surface area contributed by atoms with Gasteiger partial charge in [0.25, 0.3) is 17.2 Å². The number of rotatable bonds is 6. The number of nitrogens with one attached hydrogen (secondary N) is 1. The van der Waals surface area contributed by atoms with E-state index in [0.29, 0.717) is 22.2 Å². The van der Waals surface area contributed by atoms with Gasteiger partial charge in [-0.1, -0.05) is 29.8 Å². The molecule has 0 aliphatic carbocycles. The Balaban J connectivity index is 1.63. The predicted molar refractivity (Wildman–Crippen MR) is 124 cm³/mol. The molecule has 0 aliphatic heterocycles. The highest BCUT2D eigenvalue weighted by atomic mass is 32.2. The molecule has 1 unspecified atom stereocenters. The Morgan fingerprint density at radius 1 is 1.10 bits per heavy atom. The largest absolute Gasteiger partial charge is 0.298 e. The molecule has 2 N–H and O–H groups in total. The van der Waals surface area contributed by atoms with Gasteiger partial charge in [-0.25, -0.2) is 13.5 Å². The Labute approximate surface area is 185 Å². The van der Waals surface area contributed by atoms with E-state index in [4.69, 9.17) is 0 Å². The van der Waals surface area contributed by atoms with Crippen LogP contribution in [0.5, 0.6) is 0 Å². The average Bonchev–Trinajstić information content (AvgIpc) is 3.24. The second-order valence-electron chi connectivity index (χ2n) is 6.61. The fraction of sp³-hybridized carbons (Fsp3) is 0.0455. The lowest BCUT2D eigenvalue weighted by molar-refractivity contribution is 0.102. The molecule has 0 saturated heterocycles. The first kappa shape index (κ1) is 20.9. The van der Waals surface area contributed by atoms with Crippen molar-refractivity contribution in [3.63, 3.8) is 0 Å². The Kier molecular flexibility index (Phi) is 6.17. The second-order valence-corrected chi connectivity index (χ2v) is 8.30. The van der Waals surface area contributed by atoms with Crippen molar-refractivity contribution in [2.75, 3.05) is 9.62 Å². The quantitative estimate of drug-likeness (QED) is 0.401. The molecule has 0 fully saturated rings. The van der Waals surface area contributed by atoms with E-state index in [2.05, 4.69) is 15.3 Å². The van der Waals surface area contributed by atoms with Gasteiger partial charge in [0.15, 0.2) is 5.13 Å².